The summed E-state index contributed by atoms with van der Waals surface area (Å²) in [6, 6.07) is 9.88. The quantitative estimate of drug-likeness (QED) is 0.621. The number of nitrogens with zero attached hydrogens (tertiary/aromatic N) is 2. The summed E-state index contributed by atoms with van der Waals surface area (Å²) < 4.78 is 5.71. The summed E-state index contributed by atoms with van der Waals surface area (Å²) in [5, 5.41) is 13.9. The number of carboxylic acid groups (broad SMARTS) is 1. The van der Waals surface area contributed by atoms with Crippen molar-refractivity contribution < 1.29 is 14.6 Å². The summed E-state index contributed by atoms with van der Waals surface area (Å²) in [5.74, 6) is -0.679. The van der Waals surface area contributed by atoms with Gasteiger partial charge in [0.25, 0.3) is 0 Å². The van der Waals surface area contributed by atoms with Crippen LogP contribution in [0.2, 0.25) is 0 Å². The molecule has 0 bridgehead atoms. The van der Waals surface area contributed by atoms with Crippen LogP contribution in [0.15, 0.2) is 36.5 Å². The molecule has 1 aliphatic heterocycles. The fraction of sp³-hybridized carbons (Fsp3) is 0.375. The second kappa shape index (κ2) is 8.40. The number of carbonyl (C=O) groups is 1. The molecule has 6 nitrogen and oxygen atoms in total. The first-order chi connectivity index (χ1) is 14.4. The fourth-order valence-electron chi connectivity index (χ4n) is 4.32. The first-order valence-corrected chi connectivity index (χ1v) is 10.4. The summed E-state index contributed by atoms with van der Waals surface area (Å²) in [6.07, 6.45) is 3.67. The Kier molecular flexibility index (Phi) is 5.68. The van der Waals surface area contributed by atoms with Crippen LogP contribution in [-0.4, -0.2) is 34.3 Å². The number of pyridine rings is 2. The second-order valence-corrected chi connectivity index (χ2v) is 8.07. The van der Waals surface area contributed by atoms with Crippen LogP contribution in [0, 0.1) is 13.8 Å². The second-order valence-electron chi connectivity index (χ2n) is 8.07. The van der Waals surface area contributed by atoms with Crippen molar-refractivity contribution in [2.75, 3.05) is 18.5 Å². The molecule has 1 aromatic carbocycles. The third-order valence-corrected chi connectivity index (χ3v) is 5.79. The molecule has 2 N–H and O–H groups in total. The van der Waals surface area contributed by atoms with E-state index in [2.05, 4.69) is 42.3 Å². The standard InChI is InChI=1S/C24H27N3O3/c1-14-10-19(16(3)26-21-7-4-8-25-23(21)24(28)29)20-12-18(15(2)27-22(20)11-14)17-6-5-9-30-13-17/h4,7-8,10-12,16-17,26H,5-6,9,13H2,1-3H3,(H,28,29)/t16-,17-/m1/s1. The van der Waals surface area contributed by atoms with Gasteiger partial charge in [0.15, 0.2) is 5.69 Å². The Morgan fingerprint density at radius 2 is 2.13 bits per heavy atom. The first-order valence-electron chi connectivity index (χ1n) is 10.4. The van der Waals surface area contributed by atoms with Crippen molar-refractivity contribution in [2.45, 2.75) is 45.6 Å². The van der Waals surface area contributed by atoms with Crippen molar-refractivity contribution in [1.82, 2.24) is 9.97 Å². The van der Waals surface area contributed by atoms with E-state index in [1.165, 1.54) is 11.8 Å². The zero-order valence-electron chi connectivity index (χ0n) is 17.6. The van der Waals surface area contributed by atoms with E-state index >= 15 is 0 Å². The van der Waals surface area contributed by atoms with Gasteiger partial charge in [-0.05, 0) is 74.6 Å². The summed E-state index contributed by atoms with van der Waals surface area (Å²) in [6.45, 7) is 7.74. The van der Waals surface area contributed by atoms with Crippen LogP contribution in [0.4, 0.5) is 5.69 Å². The number of benzene rings is 1. The number of carboxylic acids is 1. The van der Waals surface area contributed by atoms with E-state index in [1.807, 2.05) is 6.92 Å². The number of rotatable bonds is 5. The average molecular weight is 405 g/mol. The van der Waals surface area contributed by atoms with Crippen molar-refractivity contribution >= 4 is 22.6 Å². The summed E-state index contributed by atoms with van der Waals surface area (Å²) in [5.41, 5.74) is 6.00. The predicted octanol–water partition coefficient (Wildman–Crippen LogP) is 5.01. The van der Waals surface area contributed by atoms with Gasteiger partial charge < -0.3 is 15.2 Å². The molecule has 2 aromatic heterocycles. The third-order valence-electron chi connectivity index (χ3n) is 5.79. The molecule has 30 heavy (non-hydrogen) atoms. The van der Waals surface area contributed by atoms with Crippen LogP contribution >= 0.6 is 0 Å². The van der Waals surface area contributed by atoms with Gasteiger partial charge in [-0.15, -0.1) is 0 Å². The summed E-state index contributed by atoms with van der Waals surface area (Å²) >= 11 is 0. The molecule has 0 aliphatic carbocycles. The van der Waals surface area contributed by atoms with E-state index in [0.29, 0.717) is 11.6 Å². The molecule has 156 valence electrons. The fourth-order valence-corrected chi connectivity index (χ4v) is 4.32. The van der Waals surface area contributed by atoms with Crippen molar-refractivity contribution in [3.05, 3.63) is 64.6 Å². The molecule has 3 aromatic rings. The van der Waals surface area contributed by atoms with Crippen LogP contribution in [0.3, 0.4) is 0 Å². The van der Waals surface area contributed by atoms with Gasteiger partial charge in [0.1, 0.15) is 0 Å². The molecule has 1 saturated heterocycles. The number of aromatic carboxylic acids is 1. The van der Waals surface area contributed by atoms with Gasteiger partial charge >= 0.3 is 5.97 Å². The summed E-state index contributed by atoms with van der Waals surface area (Å²) in [4.78, 5) is 20.5. The van der Waals surface area contributed by atoms with Gasteiger partial charge in [0, 0.05) is 35.8 Å². The SMILES string of the molecule is Cc1cc([C@@H](C)Nc2cccnc2C(=O)O)c2cc([C@@H]3CCCOC3)c(C)nc2c1. The van der Waals surface area contributed by atoms with E-state index in [4.69, 9.17) is 9.72 Å². The molecule has 0 amide bonds. The monoisotopic (exact) mass is 405 g/mol. The van der Waals surface area contributed by atoms with Crippen LogP contribution in [0.25, 0.3) is 10.9 Å². The molecular weight excluding hydrogens is 378 g/mol. The maximum atomic E-state index is 11.5. The van der Waals surface area contributed by atoms with Crippen LogP contribution < -0.4 is 5.32 Å². The zero-order chi connectivity index (χ0) is 21.3. The highest BCUT2D eigenvalue weighted by molar-refractivity contribution is 5.92. The van der Waals surface area contributed by atoms with Gasteiger partial charge in [-0.1, -0.05) is 6.07 Å². The lowest BCUT2D eigenvalue weighted by molar-refractivity contribution is 0.0691. The van der Waals surface area contributed by atoms with Crippen LogP contribution in [0.1, 0.15) is 64.6 Å². The number of ether oxygens (including phenoxy) is 1. The Morgan fingerprint density at radius 3 is 2.87 bits per heavy atom. The highest BCUT2D eigenvalue weighted by Gasteiger charge is 2.21. The molecule has 3 heterocycles. The van der Waals surface area contributed by atoms with Gasteiger partial charge in [-0.2, -0.15) is 0 Å². The molecule has 6 heteroatoms. The number of nitrogens with one attached hydrogen (secondary N) is 1. The van der Waals surface area contributed by atoms with E-state index in [0.717, 1.165) is 53.8 Å². The minimum Gasteiger partial charge on any atom is -0.476 e. The number of aryl methyl sites for hydroxylation is 2. The third kappa shape index (κ3) is 4.00. The molecule has 2 atom stereocenters. The predicted molar refractivity (Wildman–Crippen MR) is 117 cm³/mol. The zero-order valence-corrected chi connectivity index (χ0v) is 17.6. The highest BCUT2D eigenvalue weighted by Crippen LogP contribution is 2.34. The molecule has 1 fully saturated rings. The maximum absolute atomic E-state index is 11.5. The lowest BCUT2D eigenvalue weighted by Crippen LogP contribution is -2.17. The Labute approximate surface area is 176 Å². The van der Waals surface area contributed by atoms with E-state index in [9.17, 15) is 9.90 Å². The van der Waals surface area contributed by atoms with Gasteiger partial charge in [0.2, 0.25) is 0 Å². The molecule has 0 saturated carbocycles. The Hall–Kier alpha value is -2.99. The normalized spacial score (nSPS) is 17.6. The Balaban J connectivity index is 1.76. The van der Waals surface area contributed by atoms with Crippen LogP contribution in [-0.2, 0) is 4.74 Å². The number of hydrogen-bond acceptors (Lipinski definition) is 5. The lowest BCUT2D eigenvalue weighted by Gasteiger charge is -2.25. The number of anilines is 1. The van der Waals surface area contributed by atoms with Crippen molar-refractivity contribution in [1.29, 1.82) is 0 Å². The molecule has 1 aliphatic rings. The Bertz CT molecular complexity index is 1090. The molecule has 0 spiro atoms. The number of aromatic nitrogens is 2. The first kappa shape index (κ1) is 20.3. The number of fused-ring (bicyclic) bond motifs is 1. The topological polar surface area (TPSA) is 84.3 Å². The highest BCUT2D eigenvalue weighted by atomic mass is 16.5. The summed E-state index contributed by atoms with van der Waals surface area (Å²) in [7, 11) is 0. The van der Waals surface area contributed by atoms with E-state index in [1.54, 1.807) is 12.1 Å². The molecule has 0 radical (unpaired) electrons. The van der Waals surface area contributed by atoms with E-state index in [-0.39, 0.29) is 11.7 Å². The van der Waals surface area contributed by atoms with Gasteiger partial charge in [-0.25, -0.2) is 9.78 Å². The lowest BCUT2D eigenvalue weighted by atomic mass is 9.89. The minimum atomic E-state index is -1.05. The number of hydrogen-bond donors (Lipinski definition) is 2. The Morgan fingerprint density at radius 1 is 1.30 bits per heavy atom. The van der Waals surface area contributed by atoms with Crippen molar-refractivity contribution in [2.24, 2.45) is 0 Å². The van der Waals surface area contributed by atoms with Crippen molar-refractivity contribution in [3.8, 4) is 0 Å². The minimum absolute atomic E-state index is 0.0234. The molecule has 4 rings (SSSR count). The molecular formula is C24H27N3O3. The van der Waals surface area contributed by atoms with Crippen molar-refractivity contribution in [3.63, 3.8) is 0 Å². The van der Waals surface area contributed by atoms with E-state index < -0.39 is 5.97 Å². The maximum Gasteiger partial charge on any atom is 0.356 e. The van der Waals surface area contributed by atoms with Gasteiger partial charge in [0.05, 0.1) is 17.8 Å². The van der Waals surface area contributed by atoms with Gasteiger partial charge in [-0.3, -0.25) is 4.98 Å². The average Bonchev–Trinajstić information content (AvgIpc) is 2.73. The van der Waals surface area contributed by atoms with Crippen LogP contribution in [0.5, 0.6) is 0 Å². The smallest absolute Gasteiger partial charge is 0.356 e. The molecule has 0 unspecified atom stereocenters. The largest absolute Gasteiger partial charge is 0.476 e.